The van der Waals surface area contributed by atoms with E-state index in [1.165, 1.54) is 29.3 Å². The molecule has 1 aromatic carbocycles. The molecule has 1 fully saturated rings. The summed E-state index contributed by atoms with van der Waals surface area (Å²) in [6.07, 6.45) is 5.91. The molecule has 20 heavy (non-hydrogen) atoms. The quantitative estimate of drug-likeness (QED) is 0.790. The summed E-state index contributed by atoms with van der Waals surface area (Å²) in [6.45, 7) is 2.70. The van der Waals surface area contributed by atoms with Crippen LogP contribution in [0.5, 0.6) is 0 Å². The van der Waals surface area contributed by atoms with Crippen LogP contribution in [0.1, 0.15) is 24.8 Å². The Morgan fingerprint density at radius 3 is 3.00 bits per heavy atom. The fourth-order valence-corrected chi connectivity index (χ4v) is 2.75. The number of benzene rings is 1. The number of halogens is 1. The fourth-order valence-electron chi connectivity index (χ4n) is 2.59. The van der Waals surface area contributed by atoms with Gasteiger partial charge in [0.25, 0.3) is 0 Å². The van der Waals surface area contributed by atoms with Crippen LogP contribution >= 0.6 is 11.6 Å². The first-order chi connectivity index (χ1) is 9.78. The van der Waals surface area contributed by atoms with Gasteiger partial charge in [-0.05, 0) is 37.0 Å². The molecule has 3 rings (SSSR count). The second kappa shape index (κ2) is 6.17. The normalized spacial score (nSPS) is 15.1. The number of ether oxygens (including phenoxy) is 1. The zero-order valence-electron chi connectivity index (χ0n) is 11.9. The smallest absolute Gasteiger partial charge is 0.0498 e. The summed E-state index contributed by atoms with van der Waals surface area (Å²) >= 11 is 6.15. The van der Waals surface area contributed by atoms with Crippen LogP contribution in [0.3, 0.4) is 0 Å². The van der Waals surface area contributed by atoms with Crippen molar-refractivity contribution in [2.24, 2.45) is 0 Å². The molecular formula is C16H21ClN2O. The van der Waals surface area contributed by atoms with Crippen molar-refractivity contribution in [3.63, 3.8) is 0 Å². The van der Waals surface area contributed by atoms with Crippen LogP contribution in [-0.2, 0) is 17.8 Å². The molecule has 108 valence electrons. The molecule has 1 saturated carbocycles. The molecule has 1 aliphatic rings. The molecule has 1 aromatic heterocycles. The number of rotatable bonds is 7. The van der Waals surface area contributed by atoms with Gasteiger partial charge in [0, 0.05) is 55.0 Å². The van der Waals surface area contributed by atoms with E-state index in [1.54, 1.807) is 7.11 Å². The number of nitrogens with zero attached hydrogens (tertiary/aromatic N) is 1. The van der Waals surface area contributed by atoms with E-state index in [0.29, 0.717) is 0 Å². The molecule has 4 heteroatoms. The van der Waals surface area contributed by atoms with E-state index in [4.69, 9.17) is 16.3 Å². The molecular weight excluding hydrogens is 272 g/mol. The number of hydrogen-bond donors (Lipinski definition) is 1. The largest absolute Gasteiger partial charge is 0.385 e. The molecule has 2 aromatic rings. The van der Waals surface area contributed by atoms with Crippen LogP contribution in [0, 0.1) is 0 Å². The van der Waals surface area contributed by atoms with Crippen LogP contribution in [0.25, 0.3) is 10.9 Å². The first kappa shape index (κ1) is 13.9. The number of hydrogen-bond acceptors (Lipinski definition) is 2. The summed E-state index contributed by atoms with van der Waals surface area (Å²) in [4.78, 5) is 0. The Hall–Kier alpha value is -1.03. The average molecular weight is 293 g/mol. The van der Waals surface area contributed by atoms with Gasteiger partial charge in [-0.15, -0.1) is 0 Å². The first-order valence-corrected chi connectivity index (χ1v) is 7.65. The van der Waals surface area contributed by atoms with Gasteiger partial charge in [-0.25, -0.2) is 0 Å². The summed E-state index contributed by atoms with van der Waals surface area (Å²) in [5.41, 5.74) is 2.59. The van der Waals surface area contributed by atoms with Gasteiger partial charge in [0.15, 0.2) is 0 Å². The van der Waals surface area contributed by atoms with E-state index in [1.807, 2.05) is 6.07 Å². The highest BCUT2D eigenvalue weighted by molar-refractivity contribution is 6.31. The van der Waals surface area contributed by atoms with Crippen molar-refractivity contribution in [3.8, 4) is 0 Å². The van der Waals surface area contributed by atoms with Crippen molar-refractivity contribution >= 4 is 22.5 Å². The van der Waals surface area contributed by atoms with E-state index in [9.17, 15) is 0 Å². The third-order valence-corrected chi connectivity index (χ3v) is 4.07. The monoisotopic (exact) mass is 292 g/mol. The molecule has 0 aliphatic heterocycles. The standard InChI is InChI=1S/C16H21ClN2O/c1-20-8-2-7-19-11-12(10-18-14-4-5-14)15-6-3-13(17)9-16(15)19/h3,6,9,11,14,18H,2,4-5,7-8,10H2,1H3. The third kappa shape index (κ3) is 3.17. The Balaban J connectivity index is 1.84. The van der Waals surface area contributed by atoms with Crippen molar-refractivity contribution in [2.45, 2.75) is 38.4 Å². The highest BCUT2D eigenvalue weighted by Crippen LogP contribution is 2.26. The zero-order valence-corrected chi connectivity index (χ0v) is 12.6. The van der Waals surface area contributed by atoms with Crippen LogP contribution in [0.15, 0.2) is 24.4 Å². The lowest BCUT2D eigenvalue weighted by atomic mass is 10.2. The maximum Gasteiger partial charge on any atom is 0.0498 e. The van der Waals surface area contributed by atoms with Gasteiger partial charge in [0.2, 0.25) is 0 Å². The Labute approximate surface area is 124 Å². The second-order valence-electron chi connectivity index (χ2n) is 5.51. The van der Waals surface area contributed by atoms with Crippen molar-refractivity contribution in [1.29, 1.82) is 0 Å². The van der Waals surface area contributed by atoms with Gasteiger partial charge in [0.1, 0.15) is 0 Å². The average Bonchev–Trinajstić information content (AvgIpc) is 3.21. The van der Waals surface area contributed by atoms with Gasteiger partial charge in [-0.2, -0.15) is 0 Å². The van der Waals surface area contributed by atoms with Crippen molar-refractivity contribution in [3.05, 3.63) is 35.0 Å². The van der Waals surface area contributed by atoms with Gasteiger partial charge in [0.05, 0.1) is 0 Å². The molecule has 0 saturated heterocycles. The Bertz CT molecular complexity index is 589. The maximum absolute atomic E-state index is 6.15. The molecule has 0 bridgehead atoms. The summed E-state index contributed by atoms with van der Waals surface area (Å²) < 4.78 is 7.44. The fraction of sp³-hybridized carbons (Fsp3) is 0.500. The van der Waals surface area contributed by atoms with Crippen molar-refractivity contribution < 1.29 is 4.74 Å². The first-order valence-electron chi connectivity index (χ1n) is 7.27. The molecule has 1 aliphatic carbocycles. The minimum Gasteiger partial charge on any atom is -0.385 e. The van der Waals surface area contributed by atoms with Crippen LogP contribution in [0.2, 0.25) is 5.02 Å². The maximum atomic E-state index is 6.15. The lowest BCUT2D eigenvalue weighted by Crippen LogP contribution is -2.14. The molecule has 0 unspecified atom stereocenters. The zero-order chi connectivity index (χ0) is 13.9. The van der Waals surface area contributed by atoms with Crippen LogP contribution in [0.4, 0.5) is 0 Å². The Morgan fingerprint density at radius 1 is 1.40 bits per heavy atom. The van der Waals surface area contributed by atoms with E-state index in [-0.39, 0.29) is 0 Å². The molecule has 0 radical (unpaired) electrons. The van der Waals surface area contributed by atoms with Crippen LogP contribution in [-0.4, -0.2) is 24.3 Å². The van der Waals surface area contributed by atoms with Gasteiger partial charge < -0.3 is 14.6 Å². The van der Waals surface area contributed by atoms with E-state index in [2.05, 4.69) is 28.2 Å². The number of fused-ring (bicyclic) bond motifs is 1. The van der Waals surface area contributed by atoms with E-state index < -0.39 is 0 Å². The molecule has 1 N–H and O–H groups in total. The molecule has 0 spiro atoms. The number of aromatic nitrogens is 1. The minimum atomic E-state index is 0.731. The minimum absolute atomic E-state index is 0.731. The number of nitrogens with one attached hydrogen (secondary N) is 1. The summed E-state index contributed by atoms with van der Waals surface area (Å²) in [7, 11) is 1.75. The topological polar surface area (TPSA) is 26.2 Å². The van der Waals surface area contributed by atoms with Crippen LogP contribution < -0.4 is 5.32 Å². The molecule has 0 atom stereocenters. The van der Waals surface area contributed by atoms with Crippen molar-refractivity contribution in [2.75, 3.05) is 13.7 Å². The molecule has 0 amide bonds. The lowest BCUT2D eigenvalue weighted by molar-refractivity contribution is 0.190. The number of methoxy groups -OCH3 is 1. The van der Waals surface area contributed by atoms with Gasteiger partial charge >= 0.3 is 0 Å². The lowest BCUT2D eigenvalue weighted by Gasteiger charge is -2.04. The molecule has 1 heterocycles. The SMILES string of the molecule is COCCCn1cc(CNC2CC2)c2ccc(Cl)cc21. The van der Waals surface area contributed by atoms with Gasteiger partial charge in [-0.3, -0.25) is 0 Å². The van der Waals surface area contributed by atoms with E-state index >= 15 is 0 Å². The Morgan fingerprint density at radius 2 is 2.25 bits per heavy atom. The van der Waals surface area contributed by atoms with Gasteiger partial charge in [-0.1, -0.05) is 17.7 Å². The predicted molar refractivity (Wildman–Crippen MR) is 83.3 cm³/mol. The van der Waals surface area contributed by atoms with Crippen molar-refractivity contribution in [1.82, 2.24) is 9.88 Å². The predicted octanol–water partition coefficient (Wildman–Crippen LogP) is 3.58. The summed E-state index contributed by atoms with van der Waals surface area (Å²) in [5.74, 6) is 0. The highest BCUT2D eigenvalue weighted by Gasteiger charge is 2.20. The summed E-state index contributed by atoms with van der Waals surface area (Å²) in [6, 6.07) is 6.90. The number of aryl methyl sites for hydroxylation is 1. The molecule has 3 nitrogen and oxygen atoms in total. The highest BCUT2D eigenvalue weighted by atomic mass is 35.5. The van der Waals surface area contributed by atoms with E-state index in [0.717, 1.165) is 37.2 Å². The summed E-state index contributed by atoms with van der Waals surface area (Å²) in [5, 5.41) is 5.69. The third-order valence-electron chi connectivity index (χ3n) is 3.83. The Kier molecular flexibility index (Phi) is 4.29. The second-order valence-corrected chi connectivity index (χ2v) is 5.95.